The molecule has 0 spiro atoms. The van der Waals surface area contributed by atoms with Crippen LogP contribution in [-0.2, 0) is 19.1 Å². The van der Waals surface area contributed by atoms with E-state index in [9.17, 15) is 4.79 Å². The topological polar surface area (TPSA) is 77.4 Å². The second-order valence-electron chi connectivity index (χ2n) is 7.08. The minimum absolute atomic E-state index is 0.227. The summed E-state index contributed by atoms with van der Waals surface area (Å²) in [6.45, 7) is 5.01. The molecule has 0 radical (unpaired) electrons. The standard InChI is InChI=1S/C21H31NO5/c1-3-4-13-19(18-11-6-5-7-12-18)22-27-14-9-8-10-17-15-25-21(2,20(23)24)26-16-17/h5-7,11-12,17H,3-4,8-10,13-16H2,1-2H3,(H,23,24)/b22-19+. The van der Waals surface area contributed by atoms with Crippen LogP contribution in [-0.4, -0.2) is 42.4 Å². The van der Waals surface area contributed by atoms with E-state index in [-0.39, 0.29) is 5.92 Å². The summed E-state index contributed by atoms with van der Waals surface area (Å²) in [5.41, 5.74) is 2.11. The Morgan fingerprint density at radius 1 is 1.22 bits per heavy atom. The molecule has 1 heterocycles. The van der Waals surface area contributed by atoms with Crippen LogP contribution in [0.4, 0.5) is 0 Å². The molecule has 0 aromatic heterocycles. The lowest BCUT2D eigenvalue weighted by Gasteiger charge is -2.34. The second kappa shape index (κ2) is 11.0. The molecular formula is C21H31NO5. The van der Waals surface area contributed by atoms with Crippen LogP contribution in [0.1, 0.15) is 57.9 Å². The minimum atomic E-state index is -1.50. The van der Waals surface area contributed by atoms with Crippen LogP contribution in [0.25, 0.3) is 0 Å². The highest BCUT2D eigenvalue weighted by atomic mass is 16.7. The summed E-state index contributed by atoms with van der Waals surface area (Å²) in [5, 5.41) is 13.4. The third-order valence-corrected chi connectivity index (χ3v) is 4.72. The van der Waals surface area contributed by atoms with Crippen molar-refractivity contribution in [2.75, 3.05) is 19.8 Å². The number of hydrogen-bond acceptors (Lipinski definition) is 5. The molecule has 0 atom stereocenters. The van der Waals surface area contributed by atoms with E-state index in [1.807, 2.05) is 18.2 Å². The van der Waals surface area contributed by atoms with Crippen LogP contribution in [0.15, 0.2) is 35.5 Å². The molecule has 0 aliphatic carbocycles. The lowest BCUT2D eigenvalue weighted by molar-refractivity contribution is -0.271. The molecule has 150 valence electrons. The van der Waals surface area contributed by atoms with Crippen molar-refractivity contribution in [3.05, 3.63) is 35.9 Å². The number of carboxylic acid groups (broad SMARTS) is 1. The van der Waals surface area contributed by atoms with Crippen molar-refractivity contribution in [1.29, 1.82) is 0 Å². The number of unbranched alkanes of at least 4 members (excludes halogenated alkanes) is 2. The van der Waals surface area contributed by atoms with Gasteiger partial charge in [0.1, 0.15) is 6.61 Å². The van der Waals surface area contributed by atoms with Gasteiger partial charge in [-0.05, 0) is 37.7 Å². The molecule has 0 bridgehead atoms. The molecule has 1 aliphatic heterocycles. The number of nitrogens with zero attached hydrogens (tertiary/aromatic N) is 1. The van der Waals surface area contributed by atoms with Crippen molar-refractivity contribution in [3.63, 3.8) is 0 Å². The van der Waals surface area contributed by atoms with Crippen LogP contribution in [0.3, 0.4) is 0 Å². The molecule has 6 nitrogen and oxygen atoms in total. The number of ether oxygens (including phenoxy) is 2. The summed E-state index contributed by atoms with van der Waals surface area (Å²) < 4.78 is 10.7. The molecule has 0 amide bonds. The first kappa shape index (κ1) is 21.4. The van der Waals surface area contributed by atoms with Gasteiger partial charge in [-0.1, -0.05) is 48.8 Å². The highest BCUT2D eigenvalue weighted by molar-refractivity contribution is 6.00. The third kappa shape index (κ3) is 6.96. The van der Waals surface area contributed by atoms with Crippen LogP contribution in [0.5, 0.6) is 0 Å². The highest BCUT2D eigenvalue weighted by Crippen LogP contribution is 2.24. The van der Waals surface area contributed by atoms with Crippen molar-refractivity contribution >= 4 is 11.7 Å². The normalized spacial score (nSPS) is 23.2. The Labute approximate surface area is 161 Å². The number of rotatable bonds is 11. The largest absolute Gasteiger partial charge is 0.477 e. The van der Waals surface area contributed by atoms with E-state index < -0.39 is 11.8 Å². The van der Waals surface area contributed by atoms with E-state index in [4.69, 9.17) is 19.4 Å². The van der Waals surface area contributed by atoms with Gasteiger partial charge in [0, 0.05) is 12.8 Å². The maximum Gasteiger partial charge on any atom is 0.364 e. The fourth-order valence-electron chi connectivity index (χ4n) is 2.87. The number of carbonyl (C=O) groups is 1. The van der Waals surface area contributed by atoms with Gasteiger partial charge in [-0.3, -0.25) is 0 Å². The van der Waals surface area contributed by atoms with E-state index in [1.165, 1.54) is 6.92 Å². The molecule has 1 aromatic carbocycles. The fraction of sp³-hybridized carbons (Fsp3) is 0.619. The molecule has 1 saturated heterocycles. The molecule has 1 fully saturated rings. The van der Waals surface area contributed by atoms with Crippen molar-refractivity contribution in [2.24, 2.45) is 11.1 Å². The molecule has 1 aromatic rings. The summed E-state index contributed by atoms with van der Waals surface area (Å²) in [6, 6.07) is 10.2. The molecule has 2 rings (SSSR count). The summed E-state index contributed by atoms with van der Waals surface area (Å²) in [6.07, 6.45) is 5.91. The Bertz CT molecular complexity index is 594. The maximum atomic E-state index is 11.1. The van der Waals surface area contributed by atoms with Crippen molar-refractivity contribution in [1.82, 2.24) is 0 Å². The van der Waals surface area contributed by atoms with E-state index in [1.54, 1.807) is 0 Å². The van der Waals surface area contributed by atoms with Crippen molar-refractivity contribution in [3.8, 4) is 0 Å². The van der Waals surface area contributed by atoms with Crippen LogP contribution < -0.4 is 0 Å². The van der Waals surface area contributed by atoms with Gasteiger partial charge < -0.3 is 19.4 Å². The number of benzene rings is 1. The Morgan fingerprint density at radius 2 is 1.93 bits per heavy atom. The monoisotopic (exact) mass is 377 g/mol. The number of aliphatic carboxylic acids is 1. The average Bonchev–Trinajstić information content (AvgIpc) is 2.69. The SMILES string of the molecule is CCCC/C(=N\OCCCCC1COC(C)(C(=O)O)OC1)c1ccccc1. The Balaban J connectivity index is 1.67. The smallest absolute Gasteiger partial charge is 0.364 e. The van der Waals surface area contributed by atoms with Gasteiger partial charge in [0.15, 0.2) is 0 Å². The first-order valence-corrected chi connectivity index (χ1v) is 9.80. The van der Waals surface area contributed by atoms with Gasteiger partial charge in [0.2, 0.25) is 0 Å². The highest BCUT2D eigenvalue weighted by Gasteiger charge is 2.40. The lowest BCUT2D eigenvalue weighted by atomic mass is 10.0. The zero-order chi connectivity index (χ0) is 19.5. The van der Waals surface area contributed by atoms with Crippen molar-refractivity contribution in [2.45, 2.75) is 58.2 Å². The maximum absolute atomic E-state index is 11.1. The fourth-order valence-corrected chi connectivity index (χ4v) is 2.87. The van der Waals surface area contributed by atoms with Gasteiger partial charge in [-0.15, -0.1) is 0 Å². The Kier molecular flexibility index (Phi) is 8.75. The van der Waals surface area contributed by atoms with Gasteiger partial charge >= 0.3 is 5.97 Å². The molecule has 1 N–H and O–H groups in total. The molecule has 27 heavy (non-hydrogen) atoms. The summed E-state index contributed by atoms with van der Waals surface area (Å²) in [5.74, 6) is -2.35. The Hall–Kier alpha value is -1.92. The molecule has 0 unspecified atom stereocenters. The van der Waals surface area contributed by atoms with Gasteiger partial charge in [-0.2, -0.15) is 0 Å². The second-order valence-corrected chi connectivity index (χ2v) is 7.08. The van der Waals surface area contributed by atoms with E-state index in [0.717, 1.165) is 49.8 Å². The van der Waals surface area contributed by atoms with Gasteiger partial charge in [-0.25, -0.2) is 4.79 Å². The predicted molar refractivity (Wildman–Crippen MR) is 104 cm³/mol. The summed E-state index contributed by atoms with van der Waals surface area (Å²) in [7, 11) is 0. The van der Waals surface area contributed by atoms with E-state index in [0.29, 0.717) is 19.8 Å². The van der Waals surface area contributed by atoms with Crippen molar-refractivity contribution < 1.29 is 24.2 Å². The van der Waals surface area contributed by atoms with Gasteiger partial charge in [0.25, 0.3) is 5.79 Å². The van der Waals surface area contributed by atoms with Gasteiger partial charge in [0.05, 0.1) is 18.9 Å². The van der Waals surface area contributed by atoms with E-state index >= 15 is 0 Å². The first-order valence-electron chi connectivity index (χ1n) is 9.80. The van der Waals surface area contributed by atoms with Crippen LogP contribution >= 0.6 is 0 Å². The summed E-state index contributed by atoms with van der Waals surface area (Å²) >= 11 is 0. The zero-order valence-corrected chi connectivity index (χ0v) is 16.4. The molecule has 6 heteroatoms. The number of oxime groups is 1. The molecular weight excluding hydrogens is 346 g/mol. The molecule has 1 aliphatic rings. The van der Waals surface area contributed by atoms with E-state index in [2.05, 4.69) is 24.2 Å². The average molecular weight is 377 g/mol. The van der Waals surface area contributed by atoms with Crippen LogP contribution in [0.2, 0.25) is 0 Å². The summed E-state index contributed by atoms with van der Waals surface area (Å²) in [4.78, 5) is 16.6. The molecule has 0 saturated carbocycles. The third-order valence-electron chi connectivity index (χ3n) is 4.72. The number of hydrogen-bond donors (Lipinski definition) is 1. The quantitative estimate of drug-likeness (QED) is 0.355. The number of carboxylic acids is 1. The lowest BCUT2D eigenvalue weighted by Crippen LogP contribution is -2.47. The predicted octanol–water partition coefficient (Wildman–Crippen LogP) is 4.23. The first-order chi connectivity index (χ1) is 13.0. The minimum Gasteiger partial charge on any atom is -0.477 e. The van der Waals surface area contributed by atoms with Crippen LogP contribution in [0, 0.1) is 5.92 Å². The zero-order valence-electron chi connectivity index (χ0n) is 16.4. The Morgan fingerprint density at radius 3 is 2.56 bits per heavy atom.